The second-order valence-electron chi connectivity index (χ2n) is 1.71. The third-order valence-corrected chi connectivity index (χ3v) is 1.70. The van der Waals surface area contributed by atoms with Gasteiger partial charge in [-0.25, -0.2) is 4.79 Å². The van der Waals surface area contributed by atoms with Crippen LogP contribution in [0, 0.1) is 0 Å². The van der Waals surface area contributed by atoms with Crippen molar-refractivity contribution in [3.05, 3.63) is 4.88 Å². The van der Waals surface area contributed by atoms with E-state index in [0.717, 1.165) is 11.5 Å². The molecule has 0 unspecified atom stereocenters. The lowest BCUT2D eigenvalue weighted by molar-refractivity contribution is 0.0533. The Morgan fingerprint density at radius 3 is 3.00 bits per heavy atom. The van der Waals surface area contributed by atoms with Crippen LogP contribution in [0.3, 0.4) is 0 Å². The van der Waals surface area contributed by atoms with Crippen LogP contribution in [0.25, 0.3) is 0 Å². The number of carbonyl (C=O) groups is 1. The second-order valence-corrected chi connectivity index (χ2v) is 2.46. The molecule has 0 saturated carbocycles. The Morgan fingerprint density at radius 2 is 2.55 bits per heavy atom. The minimum atomic E-state index is -0.458. The zero-order valence-electron chi connectivity index (χ0n) is 5.90. The quantitative estimate of drug-likeness (QED) is 0.650. The predicted octanol–water partition coefficient (Wildman–Crippen LogP) is 0.297. The van der Waals surface area contributed by atoms with Crippen LogP contribution in [0.4, 0.5) is 5.82 Å². The lowest BCUT2D eigenvalue weighted by Crippen LogP contribution is -2.05. The van der Waals surface area contributed by atoms with Gasteiger partial charge in [0.25, 0.3) is 0 Å². The SMILES string of the molecule is CCOC(=O)c1snnc1N. The first-order valence-electron chi connectivity index (χ1n) is 3.00. The van der Waals surface area contributed by atoms with Gasteiger partial charge in [0.15, 0.2) is 10.7 Å². The maximum absolute atomic E-state index is 11.0. The molecule has 5 nitrogen and oxygen atoms in total. The van der Waals surface area contributed by atoms with E-state index in [0.29, 0.717) is 6.61 Å². The molecule has 1 rings (SSSR count). The maximum atomic E-state index is 11.0. The van der Waals surface area contributed by atoms with E-state index >= 15 is 0 Å². The molecule has 0 bridgehead atoms. The van der Waals surface area contributed by atoms with Gasteiger partial charge in [0.2, 0.25) is 0 Å². The van der Waals surface area contributed by atoms with Gasteiger partial charge in [0.05, 0.1) is 6.61 Å². The number of nitrogens with zero attached hydrogens (tertiary/aromatic N) is 2. The average Bonchev–Trinajstić information content (AvgIpc) is 2.36. The van der Waals surface area contributed by atoms with Crippen LogP contribution in [0.1, 0.15) is 16.6 Å². The first kappa shape index (κ1) is 7.93. The van der Waals surface area contributed by atoms with Crippen molar-refractivity contribution in [2.75, 3.05) is 12.3 Å². The Labute approximate surface area is 67.3 Å². The van der Waals surface area contributed by atoms with E-state index in [1.807, 2.05) is 0 Å². The number of nitrogens with two attached hydrogens (primary N) is 1. The summed E-state index contributed by atoms with van der Waals surface area (Å²) in [4.78, 5) is 11.2. The number of esters is 1. The number of carbonyl (C=O) groups excluding carboxylic acids is 1. The summed E-state index contributed by atoms with van der Waals surface area (Å²) in [6.07, 6.45) is 0. The monoisotopic (exact) mass is 173 g/mol. The van der Waals surface area contributed by atoms with Gasteiger partial charge in [-0.1, -0.05) is 4.49 Å². The van der Waals surface area contributed by atoms with Gasteiger partial charge in [0.1, 0.15) is 0 Å². The Hall–Kier alpha value is -1.17. The highest BCUT2D eigenvalue weighted by atomic mass is 32.1. The smallest absolute Gasteiger partial charge is 0.353 e. The summed E-state index contributed by atoms with van der Waals surface area (Å²) in [5.41, 5.74) is 5.31. The first-order valence-corrected chi connectivity index (χ1v) is 3.78. The number of anilines is 1. The van der Waals surface area contributed by atoms with E-state index in [1.165, 1.54) is 0 Å². The summed E-state index contributed by atoms with van der Waals surface area (Å²) in [6, 6.07) is 0. The van der Waals surface area contributed by atoms with Crippen molar-refractivity contribution < 1.29 is 9.53 Å². The average molecular weight is 173 g/mol. The molecule has 0 aliphatic heterocycles. The van der Waals surface area contributed by atoms with Gasteiger partial charge in [-0.15, -0.1) is 5.10 Å². The highest BCUT2D eigenvalue weighted by molar-refractivity contribution is 7.08. The van der Waals surface area contributed by atoms with Crippen LogP contribution >= 0.6 is 11.5 Å². The van der Waals surface area contributed by atoms with Crippen molar-refractivity contribution in [3.8, 4) is 0 Å². The molecule has 11 heavy (non-hydrogen) atoms. The van der Waals surface area contributed by atoms with Crippen LogP contribution in [0.5, 0.6) is 0 Å². The molecule has 0 fully saturated rings. The van der Waals surface area contributed by atoms with Crippen molar-refractivity contribution in [3.63, 3.8) is 0 Å². The summed E-state index contributed by atoms with van der Waals surface area (Å²) >= 11 is 0.937. The molecule has 2 N–H and O–H groups in total. The summed E-state index contributed by atoms with van der Waals surface area (Å²) in [6.45, 7) is 2.05. The van der Waals surface area contributed by atoms with E-state index in [2.05, 4.69) is 14.3 Å². The number of aromatic nitrogens is 2. The van der Waals surface area contributed by atoms with Crippen LogP contribution in [-0.2, 0) is 4.74 Å². The van der Waals surface area contributed by atoms with E-state index in [-0.39, 0.29) is 10.7 Å². The summed E-state index contributed by atoms with van der Waals surface area (Å²) in [5.74, 6) is -0.326. The third kappa shape index (κ3) is 1.64. The lowest BCUT2D eigenvalue weighted by Gasteiger charge is -1.96. The fraction of sp³-hybridized carbons (Fsp3) is 0.400. The minimum Gasteiger partial charge on any atom is -0.462 e. The van der Waals surface area contributed by atoms with Crippen molar-refractivity contribution >= 4 is 23.3 Å². The molecule has 0 amide bonds. The predicted molar refractivity (Wildman–Crippen MR) is 40.3 cm³/mol. The van der Waals surface area contributed by atoms with Crippen LogP contribution < -0.4 is 5.73 Å². The standard InChI is InChI=1S/C5H7N3O2S/c1-2-10-5(9)3-4(6)7-8-11-3/h2,6H2,1H3. The molecule has 1 heterocycles. The molecule has 0 atom stereocenters. The van der Waals surface area contributed by atoms with Gasteiger partial charge in [-0.2, -0.15) is 0 Å². The van der Waals surface area contributed by atoms with Crippen LogP contribution in [0.15, 0.2) is 0 Å². The van der Waals surface area contributed by atoms with Gasteiger partial charge in [-0.3, -0.25) is 0 Å². The largest absolute Gasteiger partial charge is 0.462 e. The Balaban J connectivity index is 2.76. The van der Waals surface area contributed by atoms with Gasteiger partial charge >= 0.3 is 5.97 Å². The molecule has 1 aromatic rings. The number of rotatable bonds is 2. The zero-order valence-corrected chi connectivity index (χ0v) is 6.72. The topological polar surface area (TPSA) is 78.1 Å². The summed E-state index contributed by atoms with van der Waals surface area (Å²) in [7, 11) is 0. The fourth-order valence-electron chi connectivity index (χ4n) is 0.536. The number of hydrogen-bond donors (Lipinski definition) is 1. The van der Waals surface area contributed by atoms with Gasteiger partial charge in [0, 0.05) is 0 Å². The maximum Gasteiger partial charge on any atom is 0.353 e. The second kappa shape index (κ2) is 3.29. The number of nitrogen functional groups attached to an aromatic ring is 1. The van der Waals surface area contributed by atoms with E-state index in [1.54, 1.807) is 6.92 Å². The molecule has 0 aliphatic carbocycles. The first-order chi connectivity index (χ1) is 5.25. The minimum absolute atomic E-state index is 0.133. The molecule has 1 aromatic heterocycles. The van der Waals surface area contributed by atoms with E-state index in [9.17, 15) is 4.79 Å². The molecular formula is C5H7N3O2S. The molecule has 6 heteroatoms. The van der Waals surface area contributed by atoms with Crippen molar-refractivity contribution in [2.45, 2.75) is 6.92 Å². The van der Waals surface area contributed by atoms with Crippen LogP contribution in [-0.4, -0.2) is 22.2 Å². The van der Waals surface area contributed by atoms with E-state index in [4.69, 9.17) is 5.73 Å². The molecule has 0 spiro atoms. The summed E-state index contributed by atoms with van der Waals surface area (Å²) in [5, 5.41) is 3.47. The Bertz CT molecular complexity index is 260. The zero-order chi connectivity index (χ0) is 8.27. The van der Waals surface area contributed by atoms with Gasteiger partial charge in [-0.05, 0) is 18.5 Å². The van der Waals surface area contributed by atoms with Crippen molar-refractivity contribution in [1.82, 2.24) is 9.59 Å². The highest BCUT2D eigenvalue weighted by Gasteiger charge is 2.14. The molecular weight excluding hydrogens is 166 g/mol. The van der Waals surface area contributed by atoms with E-state index < -0.39 is 5.97 Å². The Morgan fingerprint density at radius 1 is 1.82 bits per heavy atom. The van der Waals surface area contributed by atoms with Crippen molar-refractivity contribution in [2.24, 2.45) is 0 Å². The van der Waals surface area contributed by atoms with Gasteiger partial charge < -0.3 is 10.5 Å². The lowest BCUT2D eigenvalue weighted by atomic mass is 10.5. The summed E-state index contributed by atoms with van der Waals surface area (Å²) < 4.78 is 8.17. The number of hydrogen-bond acceptors (Lipinski definition) is 6. The molecule has 0 saturated heterocycles. The molecule has 60 valence electrons. The molecule has 0 aromatic carbocycles. The molecule has 0 aliphatic rings. The fourth-order valence-corrected chi connectivity index (χ4v) is 1.01. The third-order valence-electron chi connectivity index (χ3n) is 0.974. The molecule has 0 radical (unpaired) electrons. The van der Waals surface area contributed by atoms with Crippen LogP contribution in [0.2, 0.25) is 0 Å². The number of ether oxygens (including phenoxy) is 1. The highest BCUT2D eigenvalue weighted by Crippen LogP contribution is 2.12. The Kier molecular flexibility index (Phi) is 2.37. The van der Waals surface area contributed by atoms with Crippen molar-refractivity contribution in [1.29, 1.82) is 0 Å². The normalized spacial score (nSPS) is 9.55.